The smallest absolute Gasteiger partial charge is 0.133 e. The number of carbonyl (C=O) groups excluding carboxylic acids is 1. The van der Waals surface area contributed by atoms with Crippen LogP contribution in [0.2, 0.25) is 0 Å². The molecule has 0 radical (unpaired) electrons. The van der Waals surface area contributed by atoms with Gasteiger partial charge in [-0.15, -0.1) is 0 Å². The normalized spacial score (nSPS) is 11.4. The standard InChI is InChI=1S/C27H44O/c1-3-4-5-6-7-8-9-10-11-12-13-14-15-16-17-21-27(28)23-22-26-20-18-19-25(2)24-26/h10-11,18-20,24H,3-9,12-17,21-23H2,1-2H3/b11-10-. The molecule has 0 aliphatic heterocycles. The first kappa shape index (κ1) is 24.7. The summed E-state index contributed by atoms with van der Waals surface area (Å²) in [4.78, 5) is 12.0. The van der Waals surface area contributed by atoms with E-state index in [-0.39, 0.29) is 0 Å². The molecule has 0 aliphatic carbocycles. The molecule has 0 bridgehead atoms. The third-order valence-corrected chi connectivity index (χ3v) is 5.49. The lowest BCUT2D eigenvalue weighted by Gasteiger charge is -2.03. The van der Waals surface area contributed by atoms with E-state index in [1.165, 1.54) is 88.2 Å². The second-order valence-electron chi connectivity index (χ2n) is 8.36. The van der Waals surface area contributed by atoms with Crippen molar-refractivity contribution in [3.8, 4) is 0 Å². The molecule has 0 unspecified atom stereocenters. The van der Waals surface area contributed by atoms with Crippen molar-refractivity contribution in [3.63, 3.8) is 0 Å². The van der Waals surface area contributed by atoms with Gasteiger partial charge in [0, 0.05) is 12.8 Å². The highest BCUT2D eigenvalue weighted by molar-refractivity contribution is 5.78. The largest absolute Gasteiger partial charge is 0.300 e. The van der Waals surface area contributed by atoms with Gasteiger partial charge in [0.25, 0.3) is 0 Å². The topological polar surface area (TPSA) is 17.1 Å². The van der Waals surface area contributed by atoms with Crippen molar-refractivity contribution in [2.24, 2.45) is 0 Å². The highest BCUT2D eigenvalue weighted by Gasteiger charge is 2.03. The van der Waals surface area contributed by atoms with E-state index in [1.54, 1.807) is 0 Å². The first-order valence-electron chi connectivity index (χ1n) is 11.9. The van der Waals surface area contributed by atoms with Crippen molar-refractivity contribution in [2.45, 2.75) is 117 Å². The minimum atomic E-state index is 0.430. The first-order valence-corrected chi connectivity index (χ1v) is 11.9. The van der Waals surface area contributed by atoms with Crippen LogP contribution in [0.4, 0.5) is 0 Å². The van der Waals surface area contributed by atoms with Crippen molar-refractivity contribution in [1.29, 1.82) is 0 Å². The summed E-state index contributed by atoms with van der Waals surface area (Å²) in [5.74, 6) is 0.430. The summed E-state index contributed by atoms with van der Waals surface area (Å²) in [7, 11) is 0. The fourth-order valence-electron chi connectivity index (χ4n) is 3.67. The van der Waals surface area contributed by atoms with Gasteiger partial charge in [0.2, 0.25) is 0 Å². The zero-order valence-corrected chi connectivity index (χ0v) is 18.7. The first-order chi connectivity index (χ1) is 13.7. The summed E-state index contributed by atoms with van der Waals surface area (Å²) in [6.45, 7) is 4.38. The van der Waals surface area contributed by atoms with Crippen LogP contribution in [0.3, 0.4) is 0 Å². The number of aryl methyl sites for hydroxylation is 2. The lowest BCUT2D eigenvalue weighted by atomic mass is 10.0. The average molecular weight is 385 g/mol. The molecule has 1 aromatic rings. The van der Waals surface area contributed by atoms with E-state index >= 15 is 0 Å². The molecule has 0 amide bonds. The highest BCUT2D eigenvalue weighted by Crippen LogP contribution is 2.12. The van der Waals surface area contributed by atoms with Crippen molar-refractivity contribution in [3.05, 3.63) is 47.5 Å². The van der Waals surface area contributed by atoms with Gasteiger partial charge < -0.3 is 0 Å². The van der Waals surface area contributed by atoms with Gasteiger partial charge in [-0.05, 0) is 51.0 Å². The SMILES string of the molecule is CCCCCCCC/C=C\CCCCCCCC(=O)CCc1cccc(C)c1. The van der Waals surface area contributed by atoms with Gasteiger partial charge in [0.05, 0.1) is 0 Å². The van der Waals surface area contributed by atoms with E-state index in [9.17, 15) is 4.79 Å². The Morgan fingerprint density at radius 2 is 1.39 bits per heavy atom. The lowest BCUT2D eigenvalue weighted by molar-refractivity contribution is -0.119. The van der Waals surface area contributed by atoms with Crippen LogP contribution in [0.15, 0.2) is 36.4 Å². The maximum Gasteiger partial charge on any atom is 0.133 e. The molecule has 0 atom stereocenters. The molecule has 0 aromatic heterocycles. The Bertz CT molecular complexity index is 529. The maximum atomic E-state index is 12.0. The third kappa shape index (κ3) is 14.7. The minimum absolute atomic E-state index is 0.430. The number of carbonyl (C=O) groups is 1. The zero-order chi connectivity index (χ0) is 20.3. The molecule has 1 aromatic carbocycles. The molecule has 1 rings (SSSR count). The number of Topliss-reactive ketones (excluding diaryl/α,β-unsaturated/α-hetero) is 1. The Morgan fingerprint density at radius 1 is 0.786 bits per heavy atom. The average Bonchev–Trinajstić information content (AvgIpc) is 2.69. The molecular formula is C27H44O. The molecule has 0 aliphatic rings. The summed E-state index contributed by atoms with van der Waals surface area (Å²) in [6.07, 6.45) is 24.1. The second-order valence-corrected chi connectivity index (χ2v) is 8.36. The van der Waals surface area contributed by atoms with Crippen LogP contribution in [-0.2, 0) is 11.2 Å². The third-order valence-electron chi connectivity index (χ3n) is 5.49. The van der Waals surface area contributed by atoms with E-state index in [0.29, 0.717) is 12.2 Å². The molecule has 0 N–H and O–H groups in total. The van der Waals surface area contributed by atoms with Gasteiger partial charge in [-0.1, -0.05) is 100 Å². The molecule has 28 heavy (non-hydrogen) atoms. The summed E-state index contributed by atoms with van der Waals surface area (Å²) >= 11 is 0. The molecule has 0 heterocycles. The summed E-state index contributed by atoms with van der Waals surface area (Å²) < 4.78 is 0. The molecule has 0 fully saturated rings. The Hall–Kier alpha value is -1.37. The van der Waals surface area contributed by atoms with E-state index < -0.39 is 0 Å². The fraction of sp³-hybridized carbons (Fsp3) is 0.667. The van der Waals surface area contributed by atoms with Crippen molar-refractivity contribution < 1.29 is 4.79 Å². The number of hydrogen-bond acceptors (Lipinski definition) is 1. The van der Waals surface area contributed by atoms with Crippen LogP contribution < -0.4 is 0 Å². The number of ketones is 1. The summed E-state index contributed by atoms with van der Waals surface area (Å²) in [5.41, 5.74) is 2.57. The van der Waals surface area contributed by atoms with Crippen LogP contribution in [0.25, 0.3) is 0 Å². The van der Waals surface area contributed by atoms with E-state index in [4.69, 9.17) is 0 Å². The highest BCUT2D eigenvalue weighted by atomic mass is 16.1. The maximum absolute atomic E-state index is 12.0. The summed E-state index contributed by atoms with van der Waals surface area (Å²) in [5, 5.41) is 0. The predicted molar refractivity (Wildman–Crippen MR) is 124 cm³/mol. The minimum Gasteiger partial charge on any atom is -0.300 e. The van der Waals surface area contributed by atoms with Crippen LogP contribution in [0.5, 0.6) is 0 Å². The molecular weight excluding hydrogens is 340 g/mol. The quantitative estimate of drug-likeness (QED) is 0.183. The second kappa shape index (κ2) is 17.7. The Kier molecular flexibility index (Phi) is 15.6. The fourth-order valence-corrected chi connectivity index (χ4v) is 3.67. The Balaban J connectivity index is 1.85. The Labute approximate surface area is 175 Å². The monoisotopic (exact) mass is 384 g/mol. The van der Waals surface area contributed by atoms with E-state index in [2.05, 4.69) is 50.3 Å². The predicted octanol–water partition coefficient (Wildman–Crippen LogP) is 8.53. The van der Waals surface area contributed by atoms with Gasteiger partial charge in [0.1, 0.15) is 5.78 Å². The van der Waals surface area contributed by atoms with Crippen LogP contribution >= 0.6 is 0 Å². The molecule has 1 heteroatoms. The van der Waals surface area contributed by atoms with Crippen molar-refractivity contribution in [1.82, 2.24) is 0 Å². The number of allylic oxidation sites excluding steroid dienone is 2. The lowest BCUT2D eigenvalue weighted by Crippen LogP contribution is -2.00. The van der Waals surface area contributed by atoms with Gasteiger partial charge >= 0.3 is 0 Å². The molecule has 1 nitrogen and oxygen atoms in total. The summed E-state index contributed by atoms with van der Waals surface area (Å²) in [6, 6.07) is 8.51. The van der Waals surface area contributed by atoms with E-state index in [0.717, 1.165) is 19.3 Å². The molecule has 0 spiro atoms. The number of benzene rings is 1. The number of rotatable bonds is 18. The van der Waals surface area contributed by atoms with Gasteiger partial charge in [-0.2, -0.15) is 0 Å². The molecule has 0 saturated carbocycles. The zero-order valence-electron chi connectivity index (χ0n) is 18.7. The Morgan fingerprint density at radius 3 is 2.04 bits per heavy atom. The van der Waals surface area contributed by atoms with Crippen LogP contribution in [-0.4, -0.2) is 5.78 Å². The van der Waals surface area contributed by atoms with Gasteiger partial charge in [-0.3, -0.25) is 4.79 Å². The van der Waals surface area contributed by atoms with E-state index in [1.807, 2.05) is 0 Å². The number of hydrogen-bond donors (Lipinski definition) is 0. The van der Waals surface area contributed by atoms with Gasteiger partial charge in [-0.25, -0.2) is 0 Å². The molecule has 0 saturated heterocycles. The van der Waals surface area contributed by atoms with Crippen molar-refractivity contribution >= 4 is 5.78 Å². The van der Waals surface area contributed by atoms with Crippen LogP contribution in [0, 0.1) is 6.92 Å². The number of unbranched alkanes of at least 4 members (excludes halogenated alkanes) is 11. The van der Waals surface area contributed by atoms with Crippen molar-refractivity contribution in [2.75, 3.05) is 0 Å². The van der Waals surface area contributed by atoms with Gasteiger partial charge in [0.15, 0.2) is 0 Å². The van der Waals surface area contributed by atoms with Crippen LogP contribution in [0.1, 0.15) is 114 Å². The molecule has 158 valence electrons.